The highest BCUT2D eigenvalue weighted by atomic mass is 79.9. The van der Waals surface area contributed by atoms with E-state index in [1.807, 2.05) is 12.3 Å². The van der Waals surface area contributed by atoms with Crippen molar-refractivity contribution in [3.05, 3.63) is 42.5 Å². The summed E-state index contributed by atoms with van der Waals surface area (Å²) >= 11 is 8.13. The van der Waals surface area contributed by atoms with E-state index in [0.29, 0.717) is 8.95 Å². The number of hydrogen-bond donors (Lipinski definition) is 1. The molecule has 0 unspecified atom stereocenters. The van der Waals surface area contributed by atoms with Crippen molar-refractivity contribution >= 4 is 49.4 Å². The normalized spacial score (nSPS) is 12.5. The molecule has 4 nitrogen and oxygen atoms in total. The smallest absolute Gasteiger partial charge is 0.205 e. The van der Waals surface area contributed by atoms with Gasteiger partial charge >= 0.3 is 0 Å². The Morgan fingerprint density at radius 1 is 1.32 bits per heavy atom. The van der Waals surface area contributed by atoms with Gasteiger partial charge in [0.1, 0.15) is 5.75 Å². The van der Waals surface area contributed by atoms with Gasteiger partial charge in [0.15, 0.2) is 0 Å². The second-order valence-electron chi connectivity index (χ2n) is 3.77. The molecular formula is C12H11Br2N3OS. The maximum absolute atomic E-state index is 9.65. The predicted octanol–water partition coefficient (Wildman–Crippen LogP) is 3.50. The maximum Gasteiger partial charge on any atom is 0.205 e. The summed E-state index contributed by atoms with van der Waals surface area (Å²) in [6.45, 7) is 1.98. The molecular weight excluding hydrogens is 394 g/mol. The van der Waals surface area contributed by atoms with E-state index in [4.69, 9.17) is 0 Å². The van der Waals surface area contributed by atoms with Gasteiger partial charge in [-0.2, -0.15) is 5.10 Å². The summed E-state index contributed by atoms with van der Waals surface area (Å²) in [6.07, 6.45) is 1.73. The first-order valence-electron chi connectivity index (χ1n) is 5.35. The molecule has 100 valence electrons. The fraction of sp³-hybridized carbons (Fsp3) is 0.167. The van der Waals surface area contributed by atoms with E-state index in [2.05, 4.69) is 42.0 Å². The zero-order chi connectivity index (χ0) is 14.0. The molecule has 0 aliphatic rings. The first kappa shape index (κ1) is 14.5. The van der Waals surface area contributed by atoms with E-state index >= 15 is 0 Å². The maximum atomic E-state index is 9.65. The molecule has 2 aromatic rings. The van der Waals surface area contributed by atoms with E-state index in [1.165, 1.54) is 0 Å². The minimum absolute atomic E-state index is 0.181. The number of thiazole rings is 1. The van der Waals surface area contributed by atoms with Crippen LogP contribution < -0.4 is 4.80 Å². The Morgan fingerprint density at radius 2 is 1.95 bits per heavy atom. The van der Waals surface area contributed by atoms with Gasteiger partial charge < -0.3 is 5.11 Å². The zero-order valence-electron chi connectivity index (χ0n) is 10.3. The lowest BCUT2D eigenvalue weighted by Gasteiger charge is -2.02. The van der Waals surface area contributed by atoms with E-state index in [0.717, 1.165) is 16.1 Å². The number of rotatable bonds is 2. The Bertz CT molecular complexity index is 680. The average molecular weight is 405 g/mol. The van der Waals surface area contributed by atoms with Crippen LogP contribution in [0.5, 0.6) is 5.75 Å². The van der Waals surface area contributed by atoms with E-state index in [-0.39, 0.29) is 5.75 Å². The van der Waals surface area contributed by atoms with Crippen LogP contribution in [0, 0.1) is 6.92 Å². The lowest BCUT2D eigenvalue weighted by Crippen LogP contribution is -2.11. The molecule has 0 saturated heterocycles. The van der Waals surface area contributed by atoms with E-state index in [9.17, 15) is 5.11 Å². The number of benzene rings is 1. The molecule has 0 amide bonds. The van der Waals surface area contributed by atoms with Crippen molar-refractivity contribution in [2.24, 2.45) is 10.1 Å². The molecule has 0 atom stereocenters. The van der Waals surface area contributed by atoms with Gasteiger partial charge in [-0.3, -0.25) is 4.99 Å². The highest BCUT2D eigenvalue weighted by Crippen LogP contribution is 2.32. The molecule has 0 bridgehead atoms. The molecule has 0 aliphatic heterocycles. The molecule has 0 radical (unpaired) electrons. The van der Waals surface area contributed by atoms with Crippen LogP contribution in [0.25, 0.3) is 0 Å². The Labute approximate surface area is 131 Å². The molecule has 7 heteroatoms. The van der Waals surface area contributed by atoms with Gasteiger partial charge in [-0.1, -0.05) is 0 Å². The molecule has 1 N–H and O–H groups in total. The van der Waals surface area contributed by atoms with Gasteiger partial charge in [0.2, 0.25) is 4.80 Å². The summed E-state index contributed by atoms with van der Waals surface area (Å²) in [4.78, 5) is 5.00. The van der Waals surface area contributed by atoms with Crippen LogP contribution in [-0.2, 0) is 0 Å². The fourth-order valence-corrected chi connectivity index (χ4v) is 3.45. The van der Waals surface area contributed by atoms with Crippen LogP contribution in [0.3, 0.4) is 0 Å². The Morgan fingerprint density at radius 3 is 2.53 bits per heavy atom. The Kier molecular flexibility index (Phi) is 4.59. The number of phenols is 1. The fourth-order valence-electron chi connectivity index (χ4n) is 1.46. The summed E-state index contributed by atoms with van der Waals surface area (Å²) in [6, 6.07) is 3.60. The molecule has 1 heterocycles. The molecule has 0 aliphatic carbocycles. The van der Waals surface area contributed by atoms with Crippen LogP contribution >= 0.6 is 43.2 Å². The molecule has 0 fully saturated rings. The molecule has 1 aromatic carbocycles. The lowest BCUT2D eigenvalue weighted by molar-refractivity contribution is 0.468. The summed E-state index contributed by atoms with van der Waals surface area (Å²) < 4.78 is 3.02. The number of aromatic hydroxyl groups is 1. The summed E-state index contributed by atoms with van der Waals surface area (Å²) in [5.41, 5.74) is 1.90. The van der Waals surface area contributed by atoms with Gasteiger partial charge in [0.05, 0.1) is 20.9 Å². The highest BCUT2D eigenvalue weighted by molar-refractivity contribution is 9.11. The van der Waals surface area contributed by atoms with E-state index in [1.54, 1.807) is 41.4 Å². The van der Waals surface area contributed by atoms with Gasteiger partial charge in [-0.25, -0.2) is 4.68 Å². The van der Waals surface area contributed by atoms with Gasteiger partial charge in [-0.15, -0.1) is 11.3 Å². The number of phenolic OH excluding ortho intramolecular Hbond substituents is 1. The SMILES string of the molecule is CN=c1scc(C)n1/N=C\c1cc(Br)c(O)c(Br)c1. The minimum Gasteiger partial charge on any atom is -0.506 e. The predicted molar refractivity (Wildman–Crippen MR) is 85.0 cm³/mol. The lowest BCUT2D eigenvalue weighted by atomic mass is 10.2. The molecule has 1 aromatic heterocycles. The first-order chi connectivity index (χ1) is 9.02. The third-order valence-electron chi connectivity index (χ3n) is 2.40. The summed E-state index contributed by atoms with van der Waals surface area (Å²) in [7, 11) is 1.74. The third kappa shape index (κ3) is 3.16. The Hall–Kier alpha value is -0.920. The van der Waals surface area contributed by atoms with Crippen LogP contribution in [0.1, 0.15) is 11.3 Å². The van der Waals surface area contributed by atoms with Crippen molar-refractivity contribution in [1.29, 1.82) is 0 Å². The monoisotopic (exact) mass is 403 g/mol. The Balaban J connectivity index is 2.41. The quantitative estimate of drug-likeness (QED) is 0.765. The number of aromatic nitrogens is 1. The van der Waals surface area contributed by atoms with Crippen LogP contribution in [0.15, 0.2) is 36.6 Å². The van der Waals surface area contributed by atoms with Crippen LogP contribution in [0.4, 0.5) is 0 Å². The second-order valence-corrected chi connectivity index (χ2v) is 6.32. The number of hydrogen-bond acceptors (Lipinski definition) is 4. The summed E-state index contributed by atoms with van der Waals surface area (Å²) in [5, 5.41) is 16.1. The van der Waals surface area contributed by atoms with Gasteiger partial charge in [-0.05, 0) is 56.5 Å². The molecule has 0 saturated carbocycles. The molecule has 2 rings (SSSR count). The van der Waals surface area contributed by atoms with Gasteiger partial charge in [0.25, 0.3) is 0 Å². The van der Waals surface area contributed by atoms with Crippen molar-refractivity contribution in [3.63, 3.8) is 0 Å². The van der Waals surface area contributed by atoms with Gasteiger partial charge in [0, 0.05) is 12.4 Å². The second kappa shape index (κ2) is 6.02. The summed E-state index contributed by atoms with van der Waals surface area (Å²) in [5.74, 6) is 0.181. The first-order valence-corrected chi connectivity index (χ1v) is 7.82. The van der Waals surface area contributed by atoms with Crippen LogP contribution in [0.2, 0.25) is 0 Å². The third-order valence-corrected chi connectivity index (χ3v) is 4.64. The number of nitrogens with zero attached hydrogens (tertiary/aromatic N) is 3. The van der Waals surface area contributed by atoms with Crippen molar-refractivity contribution < 1.29 is 5.11 Å². The zero-order valence-corrected chi connectivity index (χ0v) is 14.3. The largest absolute Gasteiger partial charge is 0.506 e. The molecule has 19 heavy (non-hydrogen) atoms. The highest BCUT2D eigenvalue weighted by Gasteiger charge is 2.05. The van der Waals surface area contributed by atoms with Crippen molar-refractivity contribution in [2.45, 2.75) is 6.92 Å². The van der Waals surface area contributed by atoms with Crippen molar-refractivity contribution in [1.82, 2.24) is 4.68 Å². The van der Waals surface area contributed by atoms with Crippen molar-refractivity contribution in [3.8, 4) is 5.75 Å². The number of aryl methyl sites for hydroxylation is 1. The van der Waals surface area contributed by atoms with Crippen LogP contribution in [-0.4, -0.2) is 23.0 Å². The average Bonchev–Trinajstić information content (AvgIpc) is 2.74. The van der Waals surface area contributed by atoms with Crippen molar-refractivity contribution in [2.75, 3.05) is 7.05 Å². The standard InChI is InChI=1S/C12H11Br2N3OS/c1-7-6-19-12(15-2)17(7)16-5-8-3-9(13)11(18)10(14)4-8/h3-6,18H,1-2H3/b15-12?,16-5-. The number of halogens is 2. The minimum atomic E-state index is 0.181. The molecule has 0 spiro atoms. The topological polar surface area (TPSA) is 49.9 Å². The van der Waals surface area contributed by atoms with E-state index < -0.39 is 0 Å².